The molecule has 2 aromatic heterocycles. The Balaban J connectivity index is 1.51. The van der Waals surface area contributed by atoms with Crippen LogP contribution in [0.15, 0.2) is 121 Å². The second kappa shape index (κ2) is 6.97. The van der Waals surface area contributed by atoms with Crippen molar-refractivity contribution in [3.05, 3.63) is 133 Å². The number of hydrogen-bond acceptors (Lipinski definition) is 0. The summed E-state index contributed by atoms with van der Waals surface area (Å²) in [6.45, 7) is 0. The predicted octanol–water partition coefficient (Wildman–Crippen LogP) is 8.30. The van der Waals surface area contributed by atoms with Crippen LogP contribution in [0.1, 0.15) is 11.1 Å². The van der Waals surface area contributed by atoms with Gasteiger partial charge in [-0.05, 0) is 52.6 Å². The summed E-state index contributed by atoms with van der Waals surface area (Å²) in [6.07, 6.45) is 3.22. The topological polar surface area (TPSA) is 9.86 Å². The monoisotopic (exact) mass is 446 g/mol. The highest BCUT2D eigenvalue weighted by molar-refractivity contribution is 6.18. The Morgan fingerprint density at radius 2 is 1.34 bits per heavy atom. The molecule has 0 radical (unpaired) electrons. The molecule has 8 rings (SSSR count). The summed E-state index contributed by atoms with van der Waals surface area (Å²) in [7, 11) is 0. The fourth-order valence-electron chi connectivity index (χ4n) is 6.08. The molecule has 0 N–H and O–H groups in total. The molecule has 2 heterocycles. The van der Waals surface area contributed by atoms with Gasteiger partial charge >= 0.3 is 0 Å². The average Bonchev–Trinajstić information content (AvgIpc) is 3.60. The van der Waals surface area contributed by atoms with Crippen LogP contribution in [0.25, 0.3) is 55.2 Å². The normalized spacial score (nSPS) is 12.5. The number of fused-ring (bicyclic) bond motifs is 8. The first-order valence-corrected chi connectivity index (χ1v) is 12.2. The van der Waals surface area contributed by atoms with Crippen LogP contribution in [0.4, 0.5) is 0 Å². The van der Waals surface area contributed by atoms with Crippen molar-refractivity contribution in [1.29, 1.82) is 0 Å². The third kappa shape index (κ3) is 2.54. The smallest absolute Gasteiger partial charge is 0.0788 e. The lowest BCUT2D eigenvalue weighted by Crippen LogP contribution is -2.00. The van der Waals surface area contributed by atoms with E-state index in [1.165, 1.54) is 66.3 Å². The van der Waals surface area contributed by atoms with E-state index in [2.05, 4.69) is 131 Å². The maximum Gasteiger partial charge on any atom is 0.0788 e. The highest BCUT2D eigenvalue weighted by Gasteiger charge is 2.23. The molecule has 0 fully saturated rings. The zero-order chi connectivity index (χ0) is 22.9. The largest absolute Gasteiger partial charge is 0.314 e. The van der Waals surface area contributed by atoms with Gasteiger partial charge in [0.25, 0.3) is 0 Å². The minimum Gasteiger partial charge on any atom is -0.314 e. The van der Waals surface area contributed by atoms with E-state index < -0.39 is 0 Å². The van der Waals surface area contributed by atoms with Crippen LogP contribution in [0.3, 0.4) is 0 Å². The fraction of sp³-hybridized carbons (Fsp3) is 0.0303. The van der Waals surface area contributed by atoms with Crippen molar-refractivity contribution in [2.24, 2.45) is 0 Å². The van der Waals surface area contributed by atoms with Crippen molar-refractivity contribution in [3.8, 4) is 22.5 Å². The minimum absolute atomic E-state index is 0.971. The molecule has 7 aromatic rings. The second-order valence-electron chi connectivity index (χ2n) is 9.41. The number of para-hydroxylation sites is 2. The first kappa shape index (κ1) is 18.8. The van der Waals surface area contributed by atoms with Crippen LogP contribution in [-0.4, -0.2) is 9.13 Å². The van der Waals surface area contributed by atoms with Gasteiger partial charge in [-0.25, -0.2) is 0 Å². The van der Waals surface area contributed by atoms with Gasteiger partial charge in [0.1, 0.15) is 0 Å². The van der Waals surface area contributed by atoms with E-state index in [1.807, 2.05) is 0 Å². The summed E-state index contributed by atoms with van der Waals surface area (Å²) in [5, 5.41) is 3.82. The second-order valence-corrected chi connectivity index (χ2v) is 9.41. The van der Waals surface area contributed by atoms with Crippen molar-refractivity contribution in [2.45, 2.75) is 6.42 Å². The highest BCUT2D eigenvalue weighted by atomic mass is 15.0. The average molecular weight is 447 g/mol. The molecular weight excluding hydrogens is 424 g/mol. The van der Waals surface area contributed by atoms with E-state index in [0.717, 1.165) is 6.42 Å². The summed E-state index contributed by atoms with van der Waals surface area (Å²) in [5.74, 6) is 0. The van der Waals surface area contributed by atoms with Crippen molar-refractivity contribution in [1.82, 2.24) is 9.13 Å². The van der Waals surface area contributed by atoms with Gasteiger partial charge in [0.05, 0.1) is 16.6 Å². The molecule has 2 nitrogen and oxygen atoms in total. The Bertz CT molecular complexity index is 1920. The Morgan fingerprint density at radius 1 is 0.543 bits per heavy atom. The lowest BCUT2D eigenvalue weighted by molar-refractivity contribution is 1.08. The number of nitrogens with zero attached hydrogens (tertiary/aromatic N) is 2. The van der Waals surface area contributed by atoms with E-state index in [4.69, 9.17) is 0 Å². The molecule has 0 bridgehead atoms. The molecule has 2 heteroatoms. The van der Waals surface area contributed by atoms with E-state index in [1.54, 1.807) is 0 Å². The predicted molar refractivity (Wildman–Crippen MR) is 146 cm³/mol. The van der Waals surface area contributed by atoms with Gasteiger partial charge in [-0.15, -0.1) is 0 Å². The van der Waals surface area contributed by atoms with Crippen LogP contribution < -0.4 is 0 Å². The molecule has 1 aliphatic carbocycles. The summed E-state index contributed by atoms with van der Waals surface area (Å²) in [5.41, 5.74) is 11.7. The van der Waals surface area contributed by atoms with Gasteiger partial charge in [0, 0.05) is 40.2 Å². The van der Waals surface area contributed by atoms with Crippen LogP contribution in [0.5, 0.6) is 0 Å². The van der Waals surface area contributed by atoms with Gasteiger partial charge < -0.3 is 9.13 Å². The molecule has 0 saturated carbocycles. The summed E-state index contributed by atoms with van der Waals surface area (Å²) in [4.78, 5) is 0. The first-order valence-electron chi connectivity index (χ1n) is 12.2. The van der Waals surface area contributed by atoms with Gasteiger partial charge in [-0.2, -0.15) is 0 Å². The molecule has 0 atom stereocenters. The zero-order valence-electron chi connectivity index (χ0n) is 19.1. The molecule has 5 aromatic carbocycles. The molecule has 0 amide bonds. The van der Waals surface area contributed by atoms with E-state index in [-0.39, 0.29) is 0 Å². The van der Waals surface area contributed by atoms with Crippen LogP contribution in [0, 0.1) is 0 Å². The van der Waals surface area contributed by atoms with Gasteiger partial charge in [0.15, 0.2) is 0 Å². The molecule has 0 spiro atoms. The third-order valence-corrected chi connectivity index (χ3v) is 7.59. The number of benzene rings is 5. The highest BCUT2D eigenvalue weighted by Crippen LogP contribution is 2.42. The number of hydrogen-bond donors (Lipinski definition) is 0. The van der Waals surface area contributed by atoms with Gasteiger partial charge in [-0.3, -0.25) is 0 Å². The van der Waals surface area contributed by atoms with E-state index in [0.29, 0.717) is 0 Å². The van der Waals surface area contributed by atoms with Crippen molar-refractivity contribution < 1.29 is 0 Å². The Hall–Kier alpha value is -4.56. The van der Waals surface area contributed by atoms with Gasteiger partial charge in [0.2, 0.25) is 0 Å². The van der Waals surface area contributed by atoms with Crippen LogP contribution in [0.2, 0.25) is 0 Å². The maximum atomic E-state index is 2.43. The maximum absolute atomic E-state index is 2.43. The third-order valence-electron chi connectivity index (χ3n) is 7.59. The molecule has 0 saturated heterocycles. The summed E-state index contributed by atoms with van der Waals surface area (Å²) >= 11 is 0. The quantitative estimate of drug-likeness (QED) is 0.253. The molecule has 35 heavy (non-hydrogen) atoms. The standard InChI is InChI=1S/C33H22N2/c1-2-10-24(11-3-1)35-31-15-7-6-13-27(31)28-18-17-22-19-20-34(32(22)33(28)35)30-16-8-14-26-25-12-5-4-9-23(25)21-29(26)30/h1-20H,21H2. The minimum atomic E-state index is 0.971. The number of rotatable bonds is 2. The van der Waals surface area contributed by atoms with Crippen molar-refractivity contribution in [3.63, 3.8) is 0 Å². The summed E-state index contributed by atoms with van der Waals surface area (Å²) < 4.78 is 4.85. The molecule has 1 aliphatic rings. The van der Waals surface area contributed by atoms with E-state index >= 15 is 0 Å². The molecular formula is C33H22N2. The Morgan fingerprint density at radius 3 is 2.29 bits per heavy atom. The van der Waals surface area contributed by atoms with E-state index in [9.17, 15) is 0 Å². The molecule has 0 aliphatic heterocycles. The SMILES string of the molecule is c1ccc(-n2c3ccccc3c3ccc4ccn(-c5cccc6c5Cc5ccccc5-6)c4c32)cc1. The van der Waals surface area contributed by atoms with Crippen molar-refractivity contribution >= 4 is 32.7 Å². The van der Waals surface area contributed by atoms with Crippen molar-refractivity contribution in [2.75, 3.05) is 0 Å². The lowest BCUT2D eigenvalue weighted by Gasteiger charge is -2.14. The molecule has 164 valence electrons. The summed E-state index contributed by atoms with van der Waals surface area (Å²) in [6, 6.07) is 41.9. The zero-order valence-corrected chi connectivity index (χ0v) is 19.1. The van der Waals surface area contributed by atoms with Gasteiger partial charge in [-0.1, -0.05) is 84.9 Å². The Labute approximate surface area is 203 Å². The first-order chi connectivity index (χ1) is 17.4. The lowest BCUT2D eigenvalue weighted by atomic mass is 10.0. The van der Waals surface area contributed by atoms with Crippen LogP contribution in [-0.2, 0) is 6.42 Å². The van der Waals surface area contributed by atoms with Crippen LogP contribution >= 0.6 is 0 Å². The fourth-order valence-corrected chi connectivity index (χ4v) is 6.08. The molecule has 0 unspecified atom stereocenters. The Kier molecular flexibility index (Phi) is 3.75. The number of aromatic nitrogens is 2.